The molecule has 0 aromatic heterocycles. The lowest BCUT2D eigenvalue weighted by molar-refractivity contribution is 0.376. The van der Waals surface area contributed by atoms with Crippen LogP contribution in [0.4, 0.5) is 0 Å². The number of halogens is 2. The molecule has 0 aromatic rings. The number of alkyl halides is 2. The van der Waals surface area contributed by atoms with Gasteiger partial charge in [0.15, 0.2) is 0 Å². The highest BCUT2D eigenvalue weighted by atomic mass is 35.5. The first-order valence-electron chi connectivity index (χ1n) is 27.6. The molecule has 57 heavy (non-hydrogen) atoms. The Bertz CT molecular complexity index is 431. The van der Waals surface area contributed by atoms with Gasteiger partial charge in [0.1, 0.15) is 4.84 Å². The first-order chi connectivity index (χ1) is 28.3. The molecule has 0 N–H and O–H groups in total. The summed E-state index contributed by atoms with van der Waals surface area (Å²) in [6, 6.07) is 0. The van der Waals surface area contributed by atoms with Crippen molar-refractivity contribution in [3.05, 3.63) is 0 Å². The van der Waals surface area contributed by atoms with Gasteiger partial charge in [-0.25, -0.2) is 0 Å². The highest BCUT2D eigenvalue weighted by Gasteiger charge is 2.19. The summed E-state index contributed by atoms with van der Waals surface area (Å²) >= 11 is 11.4. The lowest BCUT2D eigenvalue weighted by Crippen LogP contribution is -2.12. The lowest BCUT2D eigenvalue weighted by atomic mass is 9.91. The van der Waals surface area contributed by atoms with E-state index in [9.17, 15) is 0 Å². The summed E-state index contributed by atoms with van der Waals surface area (Å²) in [5, 5.41) is 0. The summed E-state index contributed by atoms with van der Waals surface area (Å²) < 4.78 is 0. The van der Waals surface area contributed by atoms with Gasteiger partial charge in [0.2, 0.25) is 0 Å². The molecule has 0 atom stereocenters. The third-order valence-corrected chi connectivity index (χ3v) is 14.7. The van der Waals surface area contributed by atoms with Crippen molar-refractivity contribution in [1.29, 1.82) is 0 Å². The summed E-state index contributed by atoms with van der Waals surface area (Å²) in [6.45, 7) is 0. The molecule has 9 aliphatic rings. The molecule has 0 radical (unpaired) electrons. The summed E-state index contributed by atoms with van der Waals surface area (Å²) in [4.78, 5) is -0.120. The van der Waals surface area contributed by atoms with Crippen LogP contribution in [0.25, 0.3) is 0 Å². The molecule has 0 aliphatic heterocycles. The maximum absolute atomic E-state index is 5.72. The topological polar surface area (TPSA) is 0 Å². The molecule has 0 saturated heterocycles. The van der Waals surface area contributed by atoms with E-state index in [1.807, 2.05) is 0 Å². The summed E-state index contributed by atoms with van der Waals surface area (Å²) in [5.41, 5.74) is 0. The fourth-order valence-electron chi connectivity index (χ4n) is 9.87. The molecule has 0 bridgehead atoms. The summed E-state index contributed by atoms with van der Waals surface area (Å²) in [6.07, 6.45) is 78.5. The maximum atomic E-state index is 5.72. The predicted molar refractivity (Wildman–Crippen MR) is 264 cm³/mol. The van der Waals surface area contributed by atoms with E-state index in [-0.39, 0.29) is 4.84 Å². The molecule has 2 heteroatoms. The first-order valence-corrected chi connectivity index (χ1v) is 28.5. The van der Waals surface area contributed by atoms with Crippen molar-refractivity contribution >= 4 is 23.2 Å². The average molecular weight is 840 g/mol. The Morgan fingerprint density at radius 1 is 0.158 bits per heavy atom. The van der Waals surface area contributed by atoms with E-state index in [2.05, 4.69) is 0 Å². The standard InChI is InChI=1S/C7H12Cl2.8C6H12/c8-7(9)6-4-2-1-3-5-6;8*1-2-4-6-5-3-1/h6-7H,1-5H2;8*1-6H2. The van der Waals surface area contributed by atoms with Crippen LogP contribution in [0.3, 0.4) is 0 Å². The molecule has 0 heterocycles. The zero-order valence-electron chi connectivity index (χ0n) is 39.4. The van der Waals surface area contributed by atoms with Crippen LogP contribution < -0.4 is 0 Å². The van der Waals surface area contributed by atoms with E-state index in [4.69, 9.17) is 23.2 Å². The molecule has 9 fully saturated rings. The van der Waals surface area contributed by atoms with Gasteiger partial charge in [-0.15, -0.1) is 23.2 Å². The van der Waals surface area contributed by atoms with E-state index >= 15 is 0 Å². The third kappa shape index (κ3) is 45.9. The van der Waals surface area contributed by atoms with Gasteiger partial charge >= 0.3 is 0 Å². The molecule has 0 spiro atoms. The lowest BCUT2D eigenvalue weighted by Gasteiger charge is -2.21. The van der Waals surface area contributed by atoms with E-state index in [0.717, 1.165) is 0 Å². The van der Waals surface area contributed by atoms with E-state index in [1.165, 1.54) is 340 Å². The largest absolute Gasteiger partial charge is 0.110 e. The molecule has 0 amide bonds. The molecule has 0 nitrogen and oxygen atoms in total. The van der Waals surface area contributed by atoms with Crippen LogP contribution in [0.1, 0.15) is 340 Å². The van der Waals surface area contributed by atoms with Crippen molar-refractivity contribution in [3.8, 4) is 0 Å². The molecular weight excluding hydrogens is 732 g/mol. The molecular formula is C55H108Cl2. The number of hydrogen-bond acceptors (Lipinski definition) is 0. The van der Waals surface area contributed by atoms with Crippen LogP contribution in [0.15, 0.2) is 0 Å². The smallest absolute Gasteiger partial charge is 0.105 e. The Labute approximate surface area is 372 Å². The zero-order valence-corrected chi connectivity index (χ0v) is 40.9. The Morgan fingerprint density at radius 2 is 0.246 bits per heavy atom. The van der Waals surface area contributed by atoms with Crippen LogP contribution in [0.2, 0.25) is 0 Å². The second kappa shape index (κ2) is 49.2. The number of rotatable bonds is 1. The molecule has 9 saturated carbocycles. The van der Waals surface area contributed by atoms with Crippen molar-refractivity contribution in [2.75, 3.05) is 0 Å². The SMILES string of the molecule is C1CCCCC1.C1CCCCC1.C1CCCCC1.C1CCCCC1.C1CCCCC1.C1CCCCC1.C1CCCCC1.C1CCCCC1.ClC(Cl)C1CCCCC1. The van der Waals surface area contributed by atoms with Gasteiger partial charge in [0.05, 0.1) is 0 Å². The van der Waals surface area contributed by atoms with Crippen molar-refractivity contribution in [1.82, 2.24) is 0 Å². The Morgan fingerprint density at radius 3 is 0.316 bits per heavy atom. The summed E-state index contributed by atoms with van der Waals surface area (Å²) in [7, 11) is 0. The van der Waals surface area contributed by atoms with Gasteiger partial charge in [0, 0.05) is 0 Å². The monoisotopic (exact) mass is 839 g/mol. The molecule has 0 aromatic carbocycles. The van der Waals surface area contributed by atoms with Crippen molar-refractivity contribution in [2.24, 2.45) is 5.92 Å². The minimum absolute atomic E-state index is 0.120. The summed E-state index contributed by atoms with van der Waals surface area (Å²) in [5.74, 6) is 0.585. The molecule has 0 unspecified atom stereocenters. The predicted octanol–water partition coefficient (Wildman–Crippen LogP) is 22.1. The number of hydrogen-bond donors (Lipinski definition) is 0. The Hall–Kier alpha value is 0.580. The van der Waals surface area contributed by atoms with Gasteiger partial charge in [0.25, 0.3) is 0 Å². The highest BCUT2D eigenvalue weighted by Crippen LogP contribution is 2.30. The van der Waals surface area contributed by atoms with Crippen molar-refractivity contribution < 1.29 is 0 Å². The molecule has 9 aliphatic carbocycles. The van der Waals surface area contributed by atoms with E-state index in [0.29, 0.717) is 5.92 Å². The maximum Gasteiger partial charge on any atom is 0.110 e. The zero-order chi connectivity index (χ0) is 40.6. The molecule has 342 valence electrons. The Kier molecular flexibility index (Phi) is 48.0. The van der Waals surface area contributed by atoms with Gasteiger partial charge in [-0.3, -0.25) is 0 Å². The minimum Gasteiger partial charge on any atom is -0.105 e. The minimum atomic E-state index is -0.120. The second-order valence-electron chi connectivity index (χ2n) is 19.7. The first kappa shape index (κ1) is 55.6. The van der Waals surface area contributed by atoms with Crippen LogP contribution in [-0.2, 0) is 0 Å². The normalized spacial score (nSPS) is 23.8. The fourth-order valence-corrected chi connectivity index (χ4v) is 10.4. The van der Waals surface area contributed by atoms with Crippen LogP contribution in [0, 0.1) is 5.92 Å². The average Bonchev–Trinajstić information content (AvgIpc) is 3.35. The third-order valence-electron chi connectivity index (χ3n) is 14.0. The van der Waals surface area contributed by atoms with Crippen LogP contribution >= 0.6 is 23.2 Å². The van der Waals surface area contributed by atoms with Gasteiger partial charge in [-0.1, -0.05) is 327 Å². The highest BCUT2D eigenvalue weighted by molar-refractivity contribution is 6.44. The Balaban J connectivity index is 0.000000322. The van der Waals surface area contributed by atoms with Crippen LogP contribution in [-0.4, -0.2) is 4.84 Å². The van der Waals surface area contributed by atoms with Gasteiger partial charge < -0.3 is 0 Å². The van der Waals surface area contributed by atoms with Crippen molar-refractivity contribution in [2.45, 2.75) is 345 Å². The van der Waals surface area contributed by atoms with Gasteiger partial charge in [-0.2, -0.15) is 0 Å². The van der Waals surface area contributed by atoms with Crippen molar-refractivity contribution in [3.63, 3.8) is 0 Å². The fraction of sp³-hybridized carbons (Fsp3) is 1.00. The van der Waals surface area contributed by atoms with E-state index in [1.54, 1.807) is 0 Å². The van der Waals surface area contributed by atoms with Gasteiger partial charge in [-0.05, 0) is 18.8 Å². The quantitative estimate of drug-likeness (QED) is 0.231. The molecule has 9 rings (SSSR count). The van der Waals surface area contributed by atoms with Crippen LogP contribution in [0.5, 0.6) is 0 Å². The second-order valence-corrected chi connectivity index (χ2v) is 20.9. The van der Waals surface area contributed by atoms with E-state index < -0.39 is 0 Å².